The number of carbonyl (C=O) groups is 1. The number of aromatic nitrogens is 3. The highest BCUT2D eigenvalue weighted by Crippen LogP contribution is 2.34. The molecule has 4 rings (SSSR count). The van der Waals surface area contributed by atoms with E-state index >= 15 is 0 Å². The first-order valence-corrected chi connectivity index (χ1v) is 10.9. The van der Waals surface area contributed by atoms with E-state index in [1.807, 2.05) is 0 Å². The second-order valence-corrected chi connectivity index (χ2v) is 8.15. The molecule has 0 radical (unpaired) electrons. The van der Waals surface area contributed by atoms with Gasteiger partial charge in [-0.05, 0) is 54.1 Å². The van der Waals surface area contributed by atoms with E-state index in [2.05, 4.69) is 10.1 Å². The molecule has 0 spiro atoms. The van der Waals surface area contributed by atoms with E-state index in [0.29, 0.717) is 27.4 Å². The molecule has 0 aliphatic heterocycles. The smallest absolute Gasteiger partial charge is 0.334 e. The Balaban J connectivity index is 1.70. The molecule has 0 fully saturated rings. The van der Waals surface area contributed by atoms with Gasteiger partial charge in [0.05, 0.1) is 17.4 Å². The Morgan fingerprint density at radius 2 is 1.71 bits per heavy atom. The lowest BCUT2D eigenvalue weighted by Gasteiger charge is -2.23. The topological polar surface area (TPSA) is 51.0 Å². The molecule has 0 unspecified atom stereocenters. The molecule has 10 heteroatoms. The number of amides is 1. The number of nitrogens with zero attached hydrogens (tertiary/aromatic N) is 4. The van der Waals surface area contributed by atoms with Crippen molar-refractivity contribution >= 4 is 17.5 Å². The second kappa shape index (κ2) is 10.3. The minimum Gasteiger partial charge on any atom is -0.334 e. The summed E-state index contributed by atoms with van der Waals surface area (Å²) in [7, 11) is 0. The monoisotopic (exact) mass is 502 g/mol. The zero-order chi connectivity index (χ0) is 25.0. The quantitative estimate of drug-likeness (QED) is 0.293. The van der Waals surface area contributed by atoms with E-state index in [4.69, 9.17) is 11.6 Å². The predicted octanol–water partition coefficient (Wildman–Crippen LogP) is 5.96. The van der Waals surface area contributed by atoms with E-state index in [1.54, 1.807) is 24.4 Å². The van der Waals surface area contributed by atoms with Gasteiger partial charge in [0.25, 0.3) is 5.91 Å². The molecule has 35 heavy (non-hydrogen) atoms. The van der Waals surface area contributed by atoms with Gasteiger partial charge in [-0.1, -0.05) is 29.8 Å². The second-order valence-electron chi connectivity index (χ2n) is 7.72. The lowest BCUT2D eigenvalue weighted by Crippen LogP contribution is -2.34. The third kappa shape index (κ3) is 5.86. The highest BCUT2D eigenvalue weighted by Gasteiger charge is 2.41. The minimum atomic E-state index is -4.86. The van der Waals surface area contributed by atoms with E-state index < -0.39 is 29.2 Å². The maximum absolute atomic E-state index is 14.1. The summed E-state index contributed by atoms with van der Waals surface area (Å²) in [6, 6.07) is 16.4. The van der Waals surface area contributed by atoms with Crippen molar-refractivity contribution in [2.75, 3.05) is 6.54 Å². The molecular weight excluding hydrogens is 484 g/mol. The summed E-state index contributed by atoms with van der Waals surface area (Å²) in [6.45, 7) is 0.0754. The summed E-state index contributed by atoms with van der Waals surface area (Å²) < 4.78 is 56.5. The van der Waals surface area contributed by atoms with Crippen molar-refractivity contribution in [1.29, 1.82) is 0 Å². The summed E-state index contributed by atoms with van der Waals surface area (Å²) >= 11 is 5.86. The number of benzene rings is 2. The van der Waals surface area contributed by atoms with Crippen LogP contribution in [-0.4, -0.2) is 32.1 Å². The fourth-order valence-electron chi connectivity index (χ4n) is 3.58. The number of rotatable bonds is 7. The van der Waals surface area contributed by atoms with Crippen LogP contribution in [0.4, 0.5) is 17.6 Å². The number of pyridine rings is 1. The van der Waals surface area contributed by atoms with Crippen molar-refractivity contribution in [1.82, 2.24) is 19.7 Å². The van der Waals surface area contributed by atoms with Crippen LogP contribution in [-0.2, 0) is 19.1 Å². The zero-order valence-corrected chi connectivity index (χ0v) is 19.0. The molecular formula is C25H19ClF4N4O. The molecule has 0 aliphatic carbocycles. The van der Waals surface area contributed by atoms with Crippen LogP contribution in [0.15, 0.2) is 79.1 Å². The zero-order valence-electron chi connectivity index (χ0n) is 18.2. The average Bonchev–Trinajstić information content (AvgIpc) is 3.30. The summed E-state index contributed by atoms with van der Waals surface area (Å²) in [5.74, 6) is -1.30. The highest BCUT2D eigenvalue weighted by atomic mass is 35.5. The molecule has 0 aliphatic rings. The van der Waals surface area contributed by atoms with Crippen molar-refractivity contribution in [2.45, 2.75) is 19.1 Å². The Hall–Kier alpha value is -3.72. The molecule has 2 aromatic carbocycles. The maximum atomic E-state index is 14.1. The predicted molar refractivity (Wildman–Crippen MR) is 123 cm³/mol. The van der Waals surface area contributed by atoms with Gasteiger partial charge >= 0.3 is 6.18 Å². The number of alkyl halides is 3. The molecule has 1 amide bonds. The van der Waals surface area contributed by atoms with Crippen LogP contribution >= 0.6 is 11.6 Å². The molecule has 0 N–H and O–H groups in total. The van der Waals surface area contributed by atoms with Crippen molar-refractivity contribution in [3.63, 3.8) is 0 Å². The highest BCUT2D eigenvalue weighted by molar-refractivity contribution is 6.30. The standard InChI is InChI=1S/C25H19ClF4N4O/c26-18-6-10-21(11-7-18)34-23(25(28,29)30)22(15-32-34)24(35)33(14-12-20-3-1-2-13-31-20)16-17-4-8-19(27)9-5-17/h1-11,13,15H,12,14,16H2. The summed E-state index contributed by atoms with van der Waals surface area (Å²) in [4.78, 5) is 19.0. The van der Waals surface area contributed by atoms with Crippen molar-refractivity contribution in [2.24, 2.45) is 0 Å². The van der Waals surface area contributed by atoms with Crippen LogP contribution < -0.4 is 0 Å². The van der Waals surface area contributed by atoms with Gasteiger partial charge in [-0.25, -0.2) is 9.07 Å². The van der Waals surface area contributed by atoms with Gasteiger partial charge in [0.2, 0.25) is 0 Å². The van der Waals surface area contributed by atoms with Gasteiger partial charge in [0.1, 0.15) is 5.82 Å². The Kier molecular flexibility index (Phi) is 7.16. The lowest BCUT2D eigenvalue weighted by molar-refractivity contribution is -0.143. The van der Waals surface area contributed by atoms with Crippen LogP contribution in [0.3, 0.4) is 0 Å². The third-order valence-corrected chi connectivity index (χ3v) is 5.53. The minimum absolute atomic E-state index is 0.0185. The SMILES string of the molecule is O=C(c1cnn(-c2ccc(Cl)cc2)c1C(F)(F)F)N(CCc1ccccn1)Cc1ccc(F)cc1. The molecule has 0 saturated carbocycles. The molecule has 5 nitrogen and oxygen atoms in total. The Morgan fingerprint density at radius 3 is 2.34 bits per heavy atom. The van der Waals surface area contributed by atoms with Gasteiger partial charge in [-0.2, -0.15) is 18.3 Å². The number of halogens is 5. The Labute approximate surface area is 203 Å². The van der Waals surface area contributed by atoms with Crippen LogP contribution in [0, 0.1) is 5.82 Å². The van der Waals surface area contributed by atoms with Crippen LogP contribution in [0.25, 0.3) is 5.69 Å². The normalized spacial score (nSPS) is 11.5. The number of carbonyl (C=O) groups excluding carboxylic acids is 1. The molecule has 2 aromatic heterocycles. The van der Waals surface area contributed by atoms with E-state index in [-0.39, 0.29) is 18.8 Å². The maximum Gasteiger partial charge on any atom is 0.434 e. The molecule has 0 atom stereocenters. The molecule has 0 saturated heterocycles. The molecule has 180 valence electrons. The lowest BCUT2D eigenvalue weighted by atomic mass is 10.1. The fraction of sp³-hybridized carbons (Fsp3) is 0.160. The summed E-state index contributed by atoms with van der Waals surface area (Å²) in [5, 5.41) is 4.22. The molecule has 0 bridgehead atoms. The average molecular weight is 503 g/mol. The molecule has 2 heterocycles. The summed E-state index contributed by atoms with van der Waals surface area (Å²) in [6.07, 6.45) is -2.03. The third-order valence-electron chi connectivity index (χ3n) is 5.28. The first-order valence-electron chi connectivity index (χ1n) is 10.6. The van der Waals surface area contributed by atoms with E-state index in [9.17, 15) is 22.4 Å². The molecule has 4 aromatic rings. The fourth-order valence-corrected chi connectivity index (χ4v) is 3.71. The Bertz CT molecular complexity index is 1290. The van der Waals surface area contributed by atoms with Gasteiger partial charge in [-0.3, -0.25) is 9.78 Å². The Morgan fingerprint density at radius 1 is 1.00 bits per heavy atom. The van der Waals surface area contributed by atoms with Crippen LogP contribution in [0.2, 0.25) is 5.02 Å². The first kappa shape index (κ1) is 24.4. The van der Waals surface area contributed by atoms with E-state index in [1.165, 1.54) is 53.4 Å². The van der Waals surface area contributed by atoms with Gasteiger partial charge in [0, 0.05) is 36.4 Å². The number of hydrogen-bond donors (Lipinski definition) is 0. The van der Waals surface area contributed by atoms with Crippen molar-refractivity contribution in [3.05, 3.63) is 112 Å². The van der Waals surface area contributed by atoms with Gasteiger partial charge in [0.15, 0.2) is 5.69 Å². The first-order chi connectivity index (χ1) is 16.7. The van der Waals surface area contributed by atoms with E-state index in [0.717, 1.165) is 6.20 Å². The van der Waals surface area contributed by atoms with Crippen molar-refractivity contribution < 1.29 is 22.4 Å². The van der Waals surface area contributed by atoms with Crippen LogP contribution in [0.1, 0.15) is 27.3 Å². The van der Waals surface area contributed by atoms with Crippen LogP contribution in [0.5, 0.6) is 0 Å². The largest absolute Gasteiger partial charge is 0.434 e. The van der Waals surface area contributed by atoms with Gasteiger partial charge < -0.3 is 4.90 Å². The van der Waals surface area contributed by atoms with Gasteiger partial charge in [-0.15, -0.1) is 0 Å². The summed E-state index contributed by atoms with van der Waals surface area (Å²) in [5.41, 5.74) is -0.418. The number of hydrogen-bond acceptors (Lipinski definition) is 3. The van der Waals surface area contributed by atoms with Crippen molar-refractivity contribution in [3.8, 4) is 5.69 Å².